The molecule has 0 saturated carbocycles. The highest BCUT2D eigenvalue weighted by atomic mass is 15.2. The fourth-order valence-electron chi connectivity index (χ4n) is 0.893. The summed E-state index contributed by atoms with van der Waals surface area (Å²) in [6, 6.07) is 4.19. The predicted molar refractivity (Wildman–Crippen MR) is 53.0 cm³/mol. The molecule has 0 bridgehead atoms. The molecule has 0 amide bonds. The average molecular weight is 180 g/mol. The highest BCUT2D eigenvalue weighted by Crippen LogP contribution is 2.03. The normalized spacial score (nSPS) is 11.2. The van der Waals surface area contributed by atoms with Gasteiger partial charge in [0.25, 0.3) is 0 Å². The van der Waals surface area contributed by atoms with Crippen LogP contribution in [0, 0.1) is 0 Å². The zero-order valence-electron chi connectivity index (χ0n) is 8.36. The maximum Gasteiger partial charge on any atom is 0.146 e. The van der Waals surface area contributed by atoms with Crippen LogP contribution in [0.3, 0.4) is 0 Å². The van der Waals surface area contributed by atoms with Crippen molar-refractivity contribution in [1.29, 1.82) is 0 Å². The van der Waals surface area contributed by atoms with Gasteiger partial charge in [-0.3, -0.25) is 4.90 Å². The van der Waals surface area contributed by atoms with E-state index >= 15 is 0 Å². The van der Waals surface area contributed by atoms with E-state index in [1.54, 1.807) is 6.07 Å². The lowest BCUT2D eigenvalue weighted by Gasteiger charge is -2.19. The molecule has 1 heterocycles. The lowest BCUT2D eigenvalue weighted by atomic mass is 10.3. The molecule has 72 valence electrons. The Morgan fingerprint density at radius 3 is 2.54 bits per heavy atom. The van der Waals surface area contributed by atoms with Gasteiger partial charge in [0.05, 0.1) is 5.69 Å². The van der Waals surface area contributed by atoms with Gasteiger partial charge in [0.1, 0.15) is 5.82 Å². The van der Waals surface area contributed by atoms with E-state index < -0.39 is 0 Å². The minimum Gasteiger partial charge on any atom is -0.382 e. The van der Waals surface area contributed by atoms with E-state index in [0.29, 0.717) is 11.9 Å². The Hall–Kier alpha value is -1.16. The van der Waals surface area contributed by atoms with Gasteiger partial charge in [0, 0.05) is 12.6 Å². The summed E-state index contributed by atoms with van der Waals surface area (Å²) < 4.78 is 0. The van der Waals surface area contributed by atoms with Crippen LogP contribution in [-0.2, 0) is 6.54 Å². The van der Waals surface area contributed by atoms with Crippen molar-refractivity contribution in [2.75, 3.05) is 12.8 Å². The molecule has 2 N–H and O–H groups in total. The van der Waals surface area contributed by atoms with E-state index in [9.17, 15) is 0 Å². The van der Waals surface area contributed by atoms with Crippen molar-refractivity contribution in [3.63, 3.8) is 0 Å². The zero-order valence-corrected chi connectivity index (χ0v) is 8.36. The number of hydrogen-bond donors (Lipinski definition) is 1. The van der Waals surface area contributed by atoms with E-state index in [1.807, 2.05) is 6.07 Å². The van der Waals surface area contributed by atoms with Gasteiger partial charge in [0.15, 0.2) is 0 Å². The minimum absolute atomic E-state index is 0.468. The Morgan fingerprint density at radius 1 is 1.38 bits per heavy atom. The summed E-state index contributed by atoms with van der Waals surface area (Å²) >= 11 is 0. The Morgan fingerprint density at radius 2 is 2.08 bits per heavy atom. The lowest BCUT2D eigenvalue weighted by molar-refractivity contribution is 0.262. The summed E-state index contributed by atoms with van der Waals surface area (Å²) in [4.78, 5) is 2.19. The molecule has 1 aromatic rings. The molecule has 4 nitrogen and oxygen atoms in total. The molecular formula is C9H16N4. The van der Waals surface area contributed by atoms with Crippen molar-refractivity contribution in [2.24, 2.45) is 0 Å². The number of rotatable bonds is 3. The zero-order chi connectivity index (χ0) is 9.84. The molecule has 0 atom stereocenters. The number of nitrogens with zero attached hydrogens (tertiary/aromatic N) is 3. The third-order valence-electron chi connectivity index (χ3n) is 2.03. The molecule has 0 aliphatic heterocycles. The number of hydrogen-bond acceptors (Lipinski definition) is 4. The highest BCUT2D eigenvalue weighted by molar-refractivity contribution is 5.25. The number of nitrogens with two attached hydrogens (primary N) is 1. The molecule has 1 aromatic heterocycles. The molecule has 4 heteroatoms. The highest BCUT2D eigenvalue weighted by Gasteiger charge is 2.04. The second-order valence-electron chi connectivity index (χ2n) is 3.46. The first kappa shape index (κ1) is 9.92. The summed E-state index contributed by atoms with van der Waals surface area (Å²) in [6.45, 7) is 5.10. The monoisotopic (exact) mass is 180 g/mol. The van der Waals surface area contributed by atoms with Crippen LogP contribution in [-0.4, -0.2) is 28.2 Å². The minimum atomic E-state index is 0.468. The van der Waals surface area contributed by atoms with Crippen LogP contribution in [0.15, 0.2) is 12.1 Å². The van der Waals surface area contributed by atoms with Crippen LogP contribution >= 0.6 is 0 Å². The first-order chi connectivity index (χ1) is 6.09. The summed E-state index contributed by atoms with van der Waals surface area (Å²) in [6.07, 6.45) is 0. The Kier molecular flexibility index (Phi) is 3.19. The summed E-state index contributed by atoms with van der Waals surface area (Å²) in [5, 5.41) is 7.78. The van der Waals surface area contributed by atoms with Crippen LogP contribution in [0.1, 0.15) is 19.5 Å². The van der Waals surface area contributed by atoms with E-state index in [2.05, 4.69) is 36.0 Å². The number of nitrogen functional groups attached to an aromatic ring is 1. The molecule has 0 unspecified atom stereocenters. The van der Waals surface area contributed by atoms with Gasteiger partial charge < -0.3 is 5.73 Å². The summed E-state index contributed by atoms with van der Waals surface area (Å²) in [5.74, 6) is 0.468. The second kappa shape index (κ2) is 4.18. The molecule has 0 spiro atoms. The third kappa shape index (κ3) is 2.99. The van der Waals surface area contributed by atoms with Gasteiger partial charge in [0.2, 0.25) is 0 Å². The van der Waals surface area contributed by atoms with Crippen molar-refractivity contribution >= 4 is 5.82 Å². The fourth-order valence-corrected chi connectivity index (χ4v) is 0.893. The van der Waals surface area contributed by atoms with E-state index in [1.165, 1.54) is 0 Å². The standard InChI is InChI=1S/C9H16N4/c1-7(2)13(3)6-8-4-5-9(10)12-11-8/h4-5,7H,6H2,1-3H3,(H2,10,12). The van der Waals surface area contributed by atoms with Crippen LogP contribution in [0.4, 0.5) is 5.82 Å². The number of anilines is 1. The van der Waals surface area contributed by atoms with Crippen molar-refractivity contribution < 1.29 is 0 Å². The van der Waals surface area contributed by atoms with E-state index in [0.717, 1.165) is 12.2 Å². The van der Waals surface area contributed by atoms with Crippen LogP contribution in [0.2, 0.25) is 0 Å². The van der Waals surface area contributed by atoms with Crippen molar-refractivity contribution in [3.8, 4) is 0 Å². The van der Waals surface area contributed by atoms with Crippen LogP contribution in [0.5, 0.6) is 0 Å². The Labute approximate surface area is 78.8 Å². The third-order valence-corrected chi connectivity index (χ3v) is 2.03. The fraction of sp³-hybridized carbons (Fsp3) is 0.556. The Balaban J connectivity index is 2.59. The van der Waals surface area contributed by atoms with Gasteiger partial charge >= 0.3 is 0 Å². The predicted octanol–water partition coefficient (Wildman–Crippen LogP) is 0.899. The van der Waals surface area contributed by atoms with Crippen molar-refractivity contribution in [1.82, 2.24) is 15.1 Å². The lowest BCUT2D eigenvalue weighted by Crippen LogP contribution is -2.26. The molecule has 13 heavy (non-hydrogen) atoms. The van der Waals surface area contributed by atoms with Gasteiger partial charge in [-0.15, -0.1) is 5.10 Å². The van der Waals surface area contributed by atoms with Gasteiger partial charge in [-0.1, -0.05) is 0 Å². The second-order valence-corrected chi connectivity index (χ2v) is 3.46. The number of aromatic nitrogens is 2. The molecule has 1 rings (SSSR count). The SMILES string of the molecule is CC(C)N(C)Cc1ccc(N)nn1. The van der Waals surface area contributed by atoms with Gasteiger partial charge in [-0.25, -0.2) is 0 Å². The smallest absolute Gasteiger partial charge is 0.146 e. The van der Waals surface area contributed by atoms with Crippen LogP contribution < -0.4 is 5.73 Å². The first-order valence-electron chi connectivity index (χ1n) is 4.38. The van der Waals surface area contributed by atoms with E-state index in [-0.39, 0.29) is 0 Å². The maximum atomic E-state index is 5.43. The molecule has 0 aliphatic carbocycles. The Bertz CT molecular complexity index is 255. The van der Waals surface area contributed by atoms with Crippen molar-refractivity contribution in [3.05, 3.63) is 17.8 Å². The largest absolute Gasteiger partial charge is 0.382 e. The topological polar surface area (TPSA) is 55.0 Å². The first-order valence-corrected chi connectivity index (χ1v) is 4.38. The van der Waals surface area contributed by atoms with Gasteiger partial charge in [-0.2, -0.15) is 5.10 Å². The molecule has 0 aliphatic rings. The quantitative estimate of drug-likeness (QED) is 0.750. The van der Waals surface area contributed by atoms with E-state index in [4.69, 9.17) is 5.73 Å². The van der Waals surface area contributed by atoms with Gasteiger partial charge in [-0.05, 0) is 33.0 Å². The average Bonchev–Trinajstić information content (AvgIpc) is 2.08. The molecular weight excluding hydrogens is 164 g/mol. The summed E-state index contributed by atoms with van der Waals surface area (Å²) in [5.41, 5.74) is 6.38. The maximum absolute atomic E-state index is 5.43. The molecule has 0 aromatic carbocycles. The molecule has 0 saturated heterocycles. The summed E-state index contributed by atoms with van der Waals surface area (Å²) in [7, 11) is 2.06. The molecule has 0 fully saturated rings. The molecule has 0 radical (unpaired) electrons. The van der Waals surface area contributed by atoms with Crippen molar-refractivity contribution in [2.45, 2.75) is 26.4 Å². The van der Waals surface area contributed by atoms with Crippen LogP contribution in [0.25, 0.3) is 0 Å².